The van der Waals surface area contributed by atoms with Crippen molar-refractivity contribution in [3.63, 3.8) is 0 Å². The Balaban J connectivity index is 4.61. The molecule has 0 saturated carbocycles. The van der Waals surface area contributed by atoms with Crippen molar-refractivity contribution in [2.45, 2.75) is 58.6 Å². The van der Waals surface area contributed by atoms with Gasteiger partial charge in [0.15, 0.2) is 0 Å². The Morgan fingerprint density at radius 2 is 1.95 bits per heavy atom. The Hall–Kier alpha value is -1.64. The highest BCUT2D eigenvalue weighted by molar-refractivity contribution is 7.90. The summed E-state index contributed by atoms with van der Waals surface area (Å²) in [5, 5.41) is 11.2. The van der Waals surface area contributed by atoms with Gasteiger partial charge in [0.1, 0.15) is 11.6 Å². The van der Waals surface area contributed by atoms with Crippen molar-refractivity contribution in [3.05, 3.63) is 0 Å². The van der Waals surface area contributed by atoms with Crippen LogP contribution in [0.15, 0.2) is 4.40 Å². The number of hydrogen-bond acceptors (Lipinski definition) is 5. The predicted octanol–water partition coefficient (Wildman–Crippen LogP) is 1.56. The van der Waals surface area contributed by atoms with E-state index in [-0.39, 0.29) is 12.2 Å². The lowest BCUT2D eigenvalue weighted by Crippen LogP contribution is -2.43. The van der Waals surface area contributed by atoms with E-state index in [1.807, 2.05) is 6.92 Å². The van der Waals surface area contributed by atoms with Crippen LogP contribution in [0.3, 0.4) is 0 Å². The smallest absolute Gasteiger partial charge is 0.408 e. The van der Waals surface area contributed by atoms with Gasteiger partial charge in [0.2, 0.25) is 0 Å². The second kappa shape index (κ2) is 8.72. The minimum Gasteiger partial charge on any atom is -0.480 e. The lowest BCUT2D eigenvalue weighted by Gasteiger charge is -2.21. The lowest BCUT2D eigenvalue weighted by atomic mass is 10.2. The zero-order valence-electron chi connectivity index (χ0n) is 13.3. The van der Waals surface area contributed by atoms with E-state index in [9.17, 15) is 18.0 Å². The zero-order chi connectivity index (χ0) is 17.4. The van der Waals surface area contributed by atoms with Crippen LogP contribution >= 0.6 is 0 Å². The third kappa shape index (κ3) is 10.1. The van der Waals surface area contributed by atoms with E-state index < -0.39 is 33.7 Å². The highest BCUT2D eigenvalue weighted by Gasteiger charge is 2.23. The van der Waals surface area contributed by atoms with Crippen LogP contribution in [0.1, 0.15) is 47.0 Å². The molecule has 8 nitrogen and oxygen atoms in total. The molecule has 2 N–H and O–H groups in total. The number of amides is 1. The summed E-state index contributed by atoms with van der Waals surface area (Å²) in [6.07, 6.45) is 1.05. The Kier molecular flexibility index (Phi) is 8.07. The summed E-state index contributed by atoms with van der Waals surface area (Å²) in [5.41, 5.74) is -0.759. The topological polar surface area (TPSA) is 122 Å². The molecule has 128 valence electrons. The number of ether oxygens (including phenoxy) is 1. The van der Waals surface area contributed by atoms with E-state index in [0.717, 1.165) is 6.21 Å². The minimum absolute atomic E-state index is 0.0861. The number of nitrogens with zero attached hydrogens (tertiary/aromatic N) is 1. The number of unbranched alkanes of at least 4 members (excludes halogenated alkanes) is 1. The van der Waals surface area contributed by atoms with Crippen molar-refractivity contribution >= 4 is 28.3 Å². The van der Waals surface area contributed by atoms with Gasteiger partial charge in [-0.2, -0.15) is 4.40 Å². The molecule has 0 radical (unpaired) electrons. The normalized spacial score (nSPS) is 13.8. The molecule has 0 aromatic heterocycles. The number of nitrogens with one attached hydrogen (secondary N) is 1. The molecular formula is C13H24N2O6S. The molecule has 9 heteroatoms. The molecule has 1 atom stereocenters. The second-order valence-corrected chi connectivity index (χ2v) is 7.48. The van der Waals surface area contributed by atoms with Crippen LogP contribution < -0.4 is 5.32 Å². The number of aliphatic carboxylic acids is 1. The molecule has 0 spiro atoms. The Bertz CT molecular complexity index is 507. The van der Waals surface area contributed by atoms with Crippen LogP contribution in [-0.2, 0) is 19.6 Å². The van der Waals surface area contributed by atoms with Gasteiger partial charge in [-0.05, 0) is 27.2 Å². The zero-order valence-corrected chi connectivity index (χ0v) is 14.1. The molecule has 0 aliphatic carbocycles. The number of sulfonamides is 1. The number of carbonyl (C=O) groups is 2. The first-order valence-electron chi connectivity index (χ1n) is 6.95. The minimum atomic E-state index is -3.59. The molecule has 0 aromatic rings. The van der Waals surface area contributed by atoms with E-state index in [4.69, 9.17) is 9.84 Å². The molecule has 0 heterocycles. The number of carbonyl (C=O) groups excluding carboxylic acids is 1. The first-order chi connectivity index (χ1) is 9.97. The SMILES string of the molecule is CCCCS(=O)(=O)N=CC[C@H](NC(=O)OC(C)(C)C)C(=O)O. The molecule has 0 rings (SSSR count). The summed E-state index contributed by atoms with van der Waals surface area (Å²) in [6, 6.07) is -1.31. The summed E-state index contributed by atoms with van der Waals surface area (Å²) in [4.78, 5) is 22.6. The van der Waals surface area contributed by atoms with Gasteiger partial charge in [-0.15, -0.1) is 0 Å². The number of rotatable bonds is 8. The Morgan fingerprint density at radius 1 is 1.36 bits per heavy atom. The summed E-state index contributed by atoms with van der Waals surface area (Å²) in [6.45, 7) is 6.78. The lowest BCUT2D eigenvalue weighted by molar-refractivity contribution is -0.139. The van der Waals surface area contributed by atoms with E-state index in [1.165, 1.54) is 0 Å². The third-order valence-electron chi connectivity index (χ3n) is 2.32. The molecule has 0 aliphatic heterocycles. The van der Waals surface area contributed by atoms with Gasteiger partial charge < -0.3 is 15.2 Å². The van der Waals surface area contributed by atoms with Gasteiger partial charge in [0.05, 0.1) is 5.75 Å². The first-order valence-corrected chi connectivity index (χ1v) is 8.56. The average molecular weight is 336 g/mol. The van der Waals surface area contributed by atoms with Crippen molar-refractivity contribution in [3.8, 4) is 0 Å². The molecular weight excluding hydrogens is 312 g/mol. The van der Waals surface area contributed by atoms with Gasteiger partial charge >= 0.3 is 12.1 Å². The second-order valence-electron chi connectivity index (χ2n) is 5.70. The van der Waals surface area contributed by atoms with Crippen LogP contribution in [-0.4, -0.2) is 49.2 Å². The fourth-order valence-corrected chi connectivity index (χ4v) is 2.38. The molecule has 0 unspecified atom stereocenters. The molecule has 22 heavy (non-hydrogen) atoms. The summed E-state index contributed by atoms with van der Waals surface area (Å²) < 4.78 is 31.3. The fraction of sp³-hybridized carbons (Fsp3) is 0.769. The van der Waals surface area contributed by atoms with Crippen LogP contribution in [0.2, 0.25) is 0 Å². The maximum atomic E-state index is 11.5. The number of carboxylic acid groups (broad SMARTS) is 1. The average Bonchev–Trinajstić information content (AvgIpc) is 2.32. The molecule has 0 saturated heterocycles. The van der Waals surface area contributed by atoms with Crippen molar-refractivity contribution in [1.29, 1.82) is 0 Å². The van der Waals surface area contributed by atoms with E-state index in [1.54, 1.807) is 20.8 Å². The van der Waals surface area contributed by atoms with Crippen LogP contribution in [0, 0.1) is 0 Å². The Morgan fingerprint density at radius 3 is 2.41 bits per heavy atom. The summed E-state index contributed by atoms with van der Waals surface area (Å²) >= 11 is 0. The highest BCUT2D eigenvalue weighted by atomic mass is 32.2. The van der Waals surface area contributed by atoms with Crippen LogP contribution in [0.4, 0.5) is 4.79 Å². The number of hydrogen-bond donors (Lipinski definition) is 2. The van der Waals surface area contributed by atoms with Gasteiger partial charge in [0.25, 0.3) is 10.0 Å². The molecule has 0 aromatic carbocycles. The van der Waals surface area contributed by atoms with Crippen LogP contribution in [0.5, 0.6) is 0 Å². The predicted molar refractivity (Wildman–Crippen MR) is 82.6 cm³/mol. The van der Waals surface area contributed by atoms with Crippen molar-refractivity contribution < 1.29 is 27.9 Å². The van der Waals surface area contributed by atoms with E-state index in [2.05, 4.69) is 9.71 Å². The van der Waals surface area contributed by atoms with Gasteiger partial charge in [-0.3, -0.25) is 0 Å². The van der Waals surface area contributed by atoms with E-state index >= 15 is 0 Å². The molecule has 1 amide bonds. The fourth-order valence-electron chi connectivity index (χ4n) is 1.31. The molecule has 0 bridgehead atoms. The summed E-state index contributed by atoms with van der Waals surface area (Å²) in [5.74, 6) is -1.39. The quantitative estimate of drug-likeness (QED) is 0.648. The monoisotopic (exact) mass is 336 g/mol. The largest absolute Gasteiger partial charge is 0.480 e. The first kappa shape index (κ1) is 20.4. The van der Waals surface area contributed by atoms with Crippen molar-refractivity contribution in [2.24, 2.45) is 4.40 Å². The summed E-state index contributed by atoms with van der Waals surface area (Å²) in [7, 11) is -3.59. The Labute approximate surface area is 131 Å². The highest BCUT2D eigenvalue weighted by Crippen LogP contribution is 2.07. The molecule has 0 aliphatic rings. The maximum Gasteiger partial charge on any atom is 0.408 e. The number of alkyl carbamates (subject to hydrolysis) is 1. The van der Waals surface area contributed by atoms with E-state index in [0.29, 0.717) is 12.8 Å². The number of carboxylic acids is 1. The van der Waals surface area contributed by atoms with Crippen molar-refractivity contribution in [2.75, 3.05) is 5.75 Å². The third-order valence-corrected chi connectivity index (χ3v) is 3.60. The molecule has 0 fully saturated rings. The van der Waals surface area contributed by atoms with Crippen LogP contribution in [0.25, 0.3) is 0 Å². The van der Waals surface area contributed by atoms with Crippen molar-refractivity contribution in [1.82, 2.24) is 5.32 Å². The van der Waals surface area contributed by atoms with Gasteiger partial charge in [0, 0.05) is 12.6 Å². The van der Waals surface area contributed by atoms with Gasteiger partial charge in [-0.1, -0.05) is 13.3 Å². The maximum absolute atomic E-state index is 11.5. The van der Waals surface area contributed by atoms with Gasteiger partial charge in [-0.25, -0.2) is 18.0 Å². The standard InChI is InChI=1S/C13H24N2O6S/c1-5-6-9-22(19,20)14-8-7-10(11(16)17)15-12(18)21-13(2,3)4/h8,10H,5-7,9H2,1-4H3,(H,15,18)(H,16,17)/t10-/m0/s1.